The van der Waals surface area contributed by atoms with Gasteiger partial charge in [-0.25, -0.2) is 0 Å². The Kier molecular flexibility index (Phi) is 3.84. The fraction of sp³-hybridized carbons (Fsp3) is 0.875. The first-order valence-electron chi connectivity index (χ1n) is 4.70. The highest BCUT2D eigenvalue weighted by molar-refractivity contribution is 5.70. The van der Waals surface area contributed by atoms with Crippen molar-refractivity contribution >= 4 is 5.97 Å². The van der Waals surface area contributed by atoms with Gasteiger partial charge in [0, 0.05) is 6.61 Å². The molecule has 7 heteroatoms. The van der Waals surface area contributed by atoms with E-state index >= 15 is 0 Å². The Morgan fingerprint density at radius 1 is 1.53 bits per heavy atom. The summed E-state index contributed by atoms with van der Waals surface area (Å²) < 4.78 is 5.20. The van der Waals surface area contributed by atoms with Crippen molar-refractivity contribution in [1.29, 1.82) is 0 Å². The molecule has 0 aliphatic heterocycles. The van der Waals surface area contributed by atoms with E-state index < -0.39 is 29.2 Å². The number of hydrogen-bond acceptors (Lipinski definition) is 5. The maximum Gasteiger partial charge on any atom is 0.306 e. The lowest BCUT2D eigenvalue weighted by Gasteiger charge is -2.16. The van der Waals surface area contributed by atoms with Gasteiger partial charge in [-0.1, -0.05) is 0 Å². The molecule has 7 nitrogen and oxygen atoms in total. The minimum Gasteiger partial charge on any atom is -0.481 e. The molecule has 0 heterocycles. The van der Waals surface area contributed by atoms with Crippen LogP contribution >= 0.6 is 0 Å². The average molecular weight is 219 g/mol. The van der Waals surface area contributed by atoms with E-state index in [1.165, 1.54) is 0 Å². The smallest absolute Gasteiger partial charge is 0.306 e. The molecular weight excluding hydrogens is 206 g/mol. The monoisotopic (exact) mass is 219 g/mol. The van der Waals surface area contributed by atoms with Gasteiger partial charge in [0.1, 0.15) is 6.10 Å². The van der Waals surface area contributed by atoms with Crippen molar-refractivity contribution in [3.63, 3.8) is 0 Å². The third-order valence-corrected chi connectivity index (χ3v) is 2.40. The minimum atomic E-state index is -0.964. The SMILES string of the molecule is CCO[C@H]1C[C@@H](C(=O)O)C[C@@H]1O[N+](=O)[O-]. The van der Waals surface area contributed by atoms with E-state index in [-0.39, 0.29) is 12.8 Å². The first kappa shape index (κ1) is 11.7. The number of rotatable bonds is 5. The molecule has 0 spiro atoms. The minimum absolute atomic E-state index is 0.126. The Morgan fingerprint density at radius 3 is 2.60 bits per heavy atom. The van der Waals surface area contributed by atoms with Crippen molar-refractivity contribution in [2.75, 3.05) is 6.61 Å². The molecule has 0 aromatic heterocycles. The van der Waals surface area contributed by atoms with Crippen LogP contribution in [0.15, 0.2) is 0 Å². The second-order valence-electron chi connectivity index (χ2n) is 3.37. The van der Waals surface area contributed by atoms with Crippen molar-refractivity contribution in [3.8, 4) is 0 Å². The third-order valence-electron chi connectivity index (χ3n) is 2.40. The number of hydrogen-bond donors (Lipinski definition) is 1. The van der Waals surface area contributed by atoms with Crippen molar-refractivity contribution in [3.05, 3.63) is 10.1 Å². The highest BCUT2D eigenvalue weighted by atomic mass is 17.0. The van der Waals surface area contributed by atoms with Crippen LogP contribution < -0.4 is 0 Å². The van der Waals surface area contributed by atoms with Crippen LogP contribution in [0.2, 0.25) is 0 Å². The summed E-state index contributed by atoms with van der Waals surface area (Å²) in [5.74, 6) is -1.58. The van der Waals surface area contributed by atoms with Gasteiger partial charge in [0.2, 0.25) is 0 Å². The number of carboxylic acids is 1. The molecule has 1 saturated carbocycles. The molecule has 0 aromatic rings. The maximum absolute atomic E-state index is 10.7. The average Bonchev–Trinajstić information content (AvgIpc) is 2.48. The molecule has 1 fully saturated rings. The Labute approximate surface area is 86.1 Å². The molecule has 0 amide bonds. The van der Waals surface area contributed by atoms with Gasteiger partial charge in [-0.05, 0) is 19.8 Å². The predicted octanol–water partition coefficient (Wildman–Crippen LogP) is 0.463. The highest BCUT2D eigenvalue weighted by Gasteiger charge is 2.40. The fourth-order valence-corrected chi connectivity index (χ4v) is 1.77. The lowest BCUT2D eigenvalue weighted by molar-refractivity contribution is -0.770. The molecule has 1 rings (SSSR count). The van der Waals surface area contributed by atoms with Gasteiger partial charge in [0.05, 0.1) is 12.0 Å². The number of aliphatic carboxylic acids is 1. The standard InChI is InChI=1S/C8H13NO6/c1-2-14-6-3-5(8(10)11)4-7(6)15-9(12)13/h5-7H,2-4H2,1H3,(H,10,11)/t5-,6+,7+/m1/s1. The first-order valence-corrected chi connectivity index (χ1v) is 4.70. The molecule has 0 bridgehead atoms. The van der Waals surface area contributed by atoms with E-state index in [9.17, 15) is 14.9 Å². The summed E-state index contributed by atoms with van der Waals surface area (Å²) in [6.07, 6.45) is -0.870. The van der Waals surface area contributed by atoms with E-state index in [0.717, 1.165) is 0 Å². The largest absolute Gasteiger partial charge is 0.481 e. The molecule has 0 saturated heterocycles. The Balaban J connectivity index is 2.58. The van der Waals surface area contributed by atoms with E-state index in [4.69, 9.17) is 9.84 Å². The van der Waals surface area contributed by atoms with E-state index in [1.807, 2.05) is 0 Å². The quantitative estimate of drug-likeness (QED) is 0.532. The first-order chi connectivity index (χ1) is 7.04. The molecule has 3 atom stereocenters. The van der Waals surface area contributed by atoms with Gasteiger partial charge in [0.15, 0.2) is 0 Å². The lowest BCUT2D eigenvalue weighted by atomic mass is 10.1. The van der Waals surface area contributed by atoms with Crippen LogP contribution in [0.3, 0.4) is 0 Å². The van der Waals surface area contributed by atoms with Crippen molar-refractivity contribution in [2.24, 2.45) is 5.92 Å². The van der Waals surface area contributed by atoms with Gasteiger partial charge >= 0.3 is 5.97 Å². The van der Waals surface area contributed by atoms with E-state index in [1.54, 1.807) is 6.92 Å². The molecule has 0 unspecified atom stereocenters. The molecular formula is C8H13NO6. The van der Waals surface area contributed by atoms with Crippen LogP contribution in [0.25, 0.3) is 0 Å². The van der Waals surface area contributed by atoms with Gasteiger partial charge < -0.3 is 14.7 Å². The van der Waals surface area contributed by atoms with Crippen LogP contribution in [0, 0.1) is 16.0 Å². The number of carbonyl (C=O) groups is 1. The van der Waals surface area contributed by atoms with Crippen LogP contribution in [0.5, 0.6) is 0 Å². The maximum atomic E-state index is 10.7. The summed E-state index contributed by atoms with van der Waals surface area (Å²) in [5.41, 5.74) is 0. The summed E-state index contributed by atoms with van der Waals surface area (Å²) in [6.45, 7) is 2.13. The van der Waals surface area contributed by atoms with E-state index in [2.05, 4.69) is 4.84 Å². The predicted molar refractivity (Wildman–Crippen MR) is 47.6 cm³/mol. The zero-order valence-electron chi connectivity index (χ0n) is 8.29. The zero-order chi connectivity index (χ0) is 11.4. The van der Waals surface area contributed by atoms with Crippen molar-refractivity contribution in [1.82, 2.24) is 0 Å². The van der Waals surface area contributed by atoms with Gasteiger partial charge in [-0.2, -0.15) is 0 Å². The molecule has 1 aliphatic carbocycles. The number of ether oxygens (including phenoxy) is 1. The van der Waals surface area contributed by atoms with Crippen molar-refractivity contribution < 1.29 is 24.6 Å². The summed E-state index contributed by atoms with van der Waals surface area (Å²) >= 11 is 0. The van der Waals surface area contributed by atoms with E-state index in [0.29, 0.717) is 6.61 Å². The van der Waals surface area contributed by atoms with Gasteiger partial charge in [-0.3, -0.25) is 4.79 Å². The van der Waals surface area contributed by atoms with Crippen LogP contribution in [-0.2, 0) is 14.4 Å². The number of nitrogens with zero attached hydrogens (tertiary/aromatic N) is 1. The lowest BCUT2D eigenvalue weighted by Crippen LogP contribution is -2.28. The molecule has 86 valence electrons. The van der Waals surface area contributed by atoms with Crippen LogP contribution in [0.4, 0.5) is 0 Å². The molecule has 0 radical (unpaired) electrons. The van der Waals surface area contributed by atoms with Crippen molar-refractivity contribution in [2.45, 2.75) is 32.0 Å². The number of carboxylic acid groups (broad SMARTS) is 1. The second-order valence-corrected chi connectivity index (χ2v) is 3.37. The summed E-state index contributed by atoms with van der Waals surface area (Å²) in [6, 6.07) is 0. The molecule has 1 N–H and O–H groups in total. The molecule has 0 aromatic carbocycles. The van der Waals surface area contributed by atoms with Crippen LogP contribution in [-0.4, -0.2) is 35.0 Å². The summed E-state index contributed by atoms with van der Waals surface area (Å²) in [4.78, 5) is 25.3. The Morgan fingerprint density at radius 2 is 2.13 bits per heavy atom. The third kappa shape index (κ3) is 3.05. The molecule has 1 aliphatic rings. The zero-order valence-corrected chi connectivity index (χ0v) is 8.29. The normalized spacial score (nSPS) is 30.1. The van der Waals surface area contributed by atoms with Gasteiger partial charge in [0.25, 0.3) is 5.09 Å². The topological polar surface area (TPSA) is 98.9 Å². The van der Waals surface area contributed by atoms with Crippen LogP contribution in [0.1, 0.15) is 19.8 Å². The fourth-order valence-electron chi connectivity index (χ4n) is 1.77. The summed E-state index contributed by atoms with van der Waals surface area (Å²) in [5, 5.41) is 18.0. The highest BCUT2D eigenvalue weighted by Crippen LogP contribution is 2.30. The van der Waals surface area contributed by atoms with Gasteiger partial charge in [-0.15, -0.1) is 10.1 Å². The second kappa shape index (κ2) is 4.92. The molecule has 15 heavy (non-hydrogen) atoms. The Bertz CT molecular complexity index is 256. The Hall–Kier alpha value is -1.37. The summed E-state index contributed by atoms with van der Waals surface area (Å²) in [7, 11) is 0.